The van der Waals surface area contributed by atoms with E-state index in [4.69, 9.17) is 0 Å². The van der Waals surface area contributed by atoms with Crippen molar-refractivity contribution in [1.82, 2.24) is 0 Å². The highest BCUT2D eigenvalue weighted by atomic mass is 79.9. The maximum atomic E-state index is 13.1. The fraction of sp³-hybridized carbons (Fsp3) is 0.222. The topological polar surface area (TPSA) is 29.1 Å². The Balaban J connectivity index is 3.18. The highest BCUT2D eigenvalue weighted by molar-refractivity contribution is 9.10. The molecule has 2 nitrogen and oxygen atoms in total. The molecule has 1 aromatic carbocycles. The Morgan fingerprint density at radius 1 is 1.25 bits per heavy atom. The van der Waals surface area contributed by atoms with Gasteiger partial charge in [0.25, 0.3) is 0 Å². The Bertz CT molecular complexity index is 410. The lowest BCUT2D eigenvalue weighted by Crippen LogP contribution is -2.22. The zero-order valence-electron chi connectivity index (χ0n) is 7.95. The molecule has 0 radical (unpaired) electrons. The molecule has 0 spiro atoms. The van der Waals surface area contributed by atoms with Gasteiger partial charge in [-0.2, -0.15) is 0 Å². The summed E-state index contributed by atoms with van der Waals surface area (Å²) in [6, 6.07) is 0.0673. The van der Waals surface area contributed by atoms with Gasteiger partial charge in [0, 0.05) is 6.07 Å². The number of carbonyl (C=O) groups is 1. The van der Waals surface area contributed by atoms with E-state index in [-0.39, 0.29) is 6.07 Å². The number of amides is 1. The normalized spacial score (nSPS) is 12.4. The second-order valence-corrected chi connectivity index (χ2v) is 4.32. The van der Waals surface area contributed by atoms with E-state index in [1.807, 2.05) is 0 Å². The van der Waals surface area contributed by atoms with E-state index in [9.17, 15) is 22.4 Å². The summed E-state index contributed by atoms with van der Waals surface area (Å²) in [6.07, 6.45) is 0. The first-order valence-corrected chi connectivity index (χ1v) is 5.04. The molecule has 1 atom stereocenters. The van der Waals surface area contributed by atoms with Gasteiger partial charge in [0.15, 0.2) is 23.3 Å². The van der Waals surface area contributed by atoms with Gasteiger partial charge in [-0.1, -0.05) is 15.9 Å². The quantitative estimate of drug-likeness (QED) is 0.508. The van der Waals surface area contributed by atoms with E-state index in [0.717, 1.165) is 0 Å². The number of nitrogens with one attached hydrogen (secondary N) is 1. The predicted octanol–water partition coefficient (Wildman–Crippen LogP) is 2.96. The molecule has 0 aromatic heterocycles. The maximum absolute atomic E-state index is 13.1. The number of carbonyl (C=O) groups excluding carboxylic acids is 1. The molecule has 0 heterocycles. The van der Waals surface area contributed by atoms with Crippen molar-refractivity contribution in [2.45, 2.75) is 11.8 Å². The van der Waals surface area contributed by atoms with Crippen LogP contribution in [0.15, 0.2) is 6.07 Å². The molecule has 0 saturated heterocycles. The van der Waals surface area contributed by atoms with Crippen molar-refractivity contribution in [2.24, 2.45) is 0 Å². The van der Waals surface area contributed by atoms with Crippen LogP contribution < -0.4 is 5.32 Å². The second kappa shape index (κ2) is 4.82. The van der Waals surface area contributed by atoms with Crippen LogP contribution >= 0.6 is 15.9 Å². The standard InChI is InChI=1S/C9H6BrF4NO/c1-3(10)9(16)15-8-6(13)4(11)2-5(12)7(8)14/h2-3H,1H3,(H,15,16). The summed E-state index contributed by atoms with van der Waals surface area (Å²) in [5.74, 6) is -7.24. The van der Waals surface area contributed by atoms with Crippen LogP contribution in [0.1, 0.15) is 6.92 Å². The fourth-order valence-electron chi connectivity index (χ4n) is 0.906. The molecule has 1 rings (SSSR count). The number of hydrogen-bond acceptors (Lipinski definition) is 1. The molecule has 0 saturated carbocycles. The Morgan fingerprint density at radius 3 is 2.06 bits per heavy atom. The molecular formula is C9H6BrF4NO. The molecule has 1 aromatic rings. The lowest BCUT2D eigenvalue weighted by molar-refractivity contribution is -0.115. The second-order valence-electron chi connectivity index (χ2n) is 2.95. The first kappa shape index (κ1) is 13.0. The van der Waals surface area contributed by atoms with E-state index >= 15 is 0 Å². The zero-order valence-corrected chi connectivity index (χ0v) is 9.54. The van der Waals surface area contributed by atoms with E-state index in [0.29, 0.717) is 0 Å². The molecule has 1 amide bonds. The van der Waals surface area contributed by atoms with Gasteiger partial charge in [0.05, 0.1) is 4.83 Å². The van der Waals surface area contributed by atoms with Crippen LogP contribution in [0, 0.1) is 23.3 Å². The minimum absolute atomic E-state index is 0.0673. The van der Waals surface area contributed by atoms with Gasteiger partial charge in [-0.15, -0.1) is 0 Å². The average Bonchev–Trinajstić information content (AvgIpc) is 2.21. The van der Waals surface area contributed by atoms with Crippen molar-refractivity contribution < 1.29 is 22.4 Å². The van der Waals surface area contributed by atoms with Crippen LogP contribution in [0.4, 0.5) is 23.2 Å². The molecule has 16 heavy (non-hydrogen) atoms. The number of benzene rings is 1. The molecule has 0 aliphatic heterocycles. The van der Waals surface area contributed by atoms with Gasteiger partial charge in [0.2, 0.25) is 5.91 Å². The molecule has 0 aliphatic carbocycles. The first-order chi connectivity index (χ1) is 7.34. The fourth-order valence-corrected chi connectivity index (χ4v) is 1.02. The van der Waals surface area contributed by atoms with E-state index in [2.05, 4.69) is 15.9 Å². The largest absolute Gasteiger partial charge is 0.320 e. The number of hydrogen-bond donors (Lipinski definition) is 1. The Labute approximate surface area is 96.8 Å². The summed E-state index contributed by atoms with van der Waals surface area (Å²) in [5.41, 5.74) is -1.13. The van der Waals surface area contributed by atoms with Crippen LogP contribution in [-0.2, 0) is 4.79 Å². The van der Waals surface area contributed by atoms with Crippen molar-refractivity contribution >= 4 is 27.5 Å². The minimum atomic E-state index is -1.64. The van der Waals surface area contributed by atoms with E-state index < -0.39 is 39.7 Å². The van der Waals surface area contributed by atoms with Gasteiger partial charge in [0.1, 0.15) is 5.69 Å². The Hall–Kier alpha value is -1.11. The summed E-state index contributed by atoms with van der Waals surface area (Å²) in [4.78, 5) is 10.4. The Kier molecular flexibility index (Phi) is 3.90. The lowest BCUT2D eigenvalue weighted by atomic mass is 10.2. The van der Waals surface area contributed by atoms with Crippen molar-refractivity contribution in [3.8, 4) is 0 Å². The minimum Gasteiger partial charge on any atom is -0.320 e. The molecule has 7 heteroatoms. The molecule has 0 aliphatic rings. The monoisotopic (exact) mass is 299 g/mol. The molecule has 88 valence electrons. The third kappa shape index (κ3) is 2.52. The SMILES string of the molecule is CC(Br)C(=O)Nc1c(F)c(F)cc(F)c1F. The number of alkyl halides is 1. The van der Waals surface area contributed by atoms with Crippen LogP contribution in [-0.4, -0.2) is 10.7 Å². The number of rotatable bonds is 2. The third-order valence-corrected chi connectivity index (χ3v) is 2.14. The smallest absolute Gasteiger partial charge is 0.238 e. The lowest BCUT2D eigenvalue weighted by Gasteiger charge is -2.09. The highest BCUT2D eigenvalue weighted by Gasteiger charge is 2.21. The van der Waals surface area contributed by atoms with Gasteiger partial charge >= 0.3 is 0 Å². The summed E-state index contributed by atoms with van der Waals surface area (Å²) >= 11 is 2.84. The van der Waals surface area contributed by atoms with Gasteiger partial charge < -0.3 is 5.32 Å². The van der Waals surface area contributed by atoms with Crippen LogP contribution in [0.2, 0.25) is 0 Å². The van der Waals surface area contributed by atoms with E-state index in [1.165, 1.54) is 6.92 Å². The van der Waals surface area contributed by atoms with Crippen molar-refractivity contribution in [1.29, 1.82) is 0 Å². The zero-order chi connectivity index (χ0) is 12.5. The van der Waals surface area contributed by atoms with Crippen LogP contribution in [0.25, 0.3) is 0 Å². The van der Waals surface area contributed by atoms with Gasteiger partial charge in [-0.3, -0.25) is 4.79 Å². The maximum Gasteiger partial charge on any atom is 0.238 e. The van der Waals surface area contributed by atoms with E-state index in [1.54, 1.807) is 5.32 Å². The summed E-state index contributed by atoms with van der Waals surface area (Å²) in [7, 11) is 0. The Morgan fingerprint density at radius 2 is 1.69 bits per heavy atom. The van der Waals surface area contributed by atoms with Gasteiger partial charge in [-0.05, 0) is 6.92 Å². The first-order valence-electron chi connectivity index (χ1n) is 4.12. The molecule has 0 bridgehead atoms. The number of anilines is 1. The average molecular weight is 300 g/mol. The van der Waals surface area contributed by atoms with Crippen molar-refractivity contribution in [3.63, 3.8) is 0 Å². The summed E-state index contributed by atoms with van der Waals surface area (Å²) < 4.78 is 51.6. The van der Waals surface area contributed by atoms with Crippen LogP contribution in [0.5, 0.6) is 0 Å². The highest BCUT2D eigenvalue weighted by Crippen LogP contribution is 2.24. The number of halogens is 5. The van der Waals surface area contributed by atoms with Crippen molar-refractivity contribution in [2.75, 3.05) is 5.32 Å². The molecule has 0 fully saturated rings. The molecule has 1 N–H and O–H groups in total. The van der Waals surface area contributed by atoms with Gasteiger partial charge in [-0.25, -0.2) is 17.6 Å². The molecular weight excluding hydrogens is 294 g/mol. The molecule has 1 unspecified atom stereocenters. The van der Waals surface area contributed by atoms with Crippen molar-refractivity contribution in [3.05, 3.63) is 29.3 Å². The summed E-state index contributed by atoms with van der Waals surface area (Å²) in [6.45, 7) is 1.39. The summed E-state index contributed by atoms with van der Waals surface area (Å²) in [5, 5.41) is 1.74. The van der Waals surface area contributed by atoms with Crippen LogP contribution in [0.3, 0.4) is 0 Å². The predicted molar refractivity (Wildman–Crippen MR) is 53.3 cm³/mol. The third-order valence-electron chi connectivity index (χ3n) is 1.72.